The van der Waals surface area contributed by atoms with Crippen LogP contribution in [0.2, 0.25) is 0 Å². The van der Waals surface area contributed by atoms with Gasteiger partial charge in [-0.1, -0.05) is 0 Å². The van der Waals surface area contributed by atoms with Crippen molar-refractivity contribution in [2.75, 3.05) is 60.0 Å². The molecule has 150 valence electrons. The molecule has 0 aliphatic carbocycles. The average Bonchev–Trinajstić information content (AvgIpc) is 3.18. The summed E-state index contributed by atoms with van der Waals surface area (Å²) >= 11 is 0. The highest BCUT2D eigenvalue weighted by molar-refractivity contribution is 5.85. The van der Waals surface area contributed by atoms with E-state index in [-0.39, 0.29) is 18.5 Å². The highest BCUT2D eigenvalue weighted by Crippen LogP contribution is 2.05. The fraction of sp³-hybridized carbons (Fsp3) is 0.611. The molecule has 1 fully saturated rings. The Balaban J connectivity index is 1.93. The number of likely N-dealkylation sites (N-methyl/N-ethyl adjacent to an activating group) is 1. The van der Waals surface area contributed by atoms with E-state index in [1.165, 1.54) is 4.90 Å². The molecule has 2 rings (SSSR count). The number of piperazine rings is 1. The van der Waals surface area contributed by atoms with Crippen LogP contribution >= 0.6 is 0 Å². The van der Waals surface area contributed by atoms with E-state index in [1.807, 2.05) is 12.1 Å². The number of amides is 2. The molecular formula is C18H29N5O4. The second-order valence-corrected chi connectivity index (χ2v) is 6.36. The van der Waals surface area contributed by atoms with Crippen molar-refractivity contribution in [3.8, 4) is 0 Å². The molecule has 0 aromatic carbocycles. The molecule has 9 nitrogen and oxygen atoms in total. The van der Waals surface area contributed by atoms with E-state index in [0.717, 1.165) is 12.2 Å². The maximum Gasteiger partial charge on any atom is 0.409 e. The topological polar surface area (TPSA) is 90.6 Å². The average molecular weight is 379 g/mol. The second-order valence-electron chi connectivity index (χ2n) is 6.36. The summed E-state index contributed by atoms with van der Waals surface area (Å²) in [5.41, 5.74) is 0. The van der Waals surface area contributed by atoms with Crippen molar-refractivity contribution in [2.45, 2.75) is 13.3 Å². The Bertz CT molecular complexity index is 622. The van der Waals surface area contributed by atoms with Crippen LogP contribution in [0.4, 0.5) is 4.79 Å². The van der Waals surface area contributed by atoms with Crippen LogP contribution in [0.3, 0.4) is 0 Å². The number of furan rings is 1. The molecule has 2 amide bonds. The van der Waals surface area contributed by atoms with Gasteiger partial charge in [-0.25, -0.2) is 9.79 Å². The third-order valence-corrected chi connectivity index (χ3v) is 4.20. The fourth-order valence-electron chi connectivity index (χ4n) is 2.62. The van der Waals surface area contributed by atoms with Gasteiger partial charge in [0.2, 0.25) is 5.91 Å². The minimum atomic E-state index is -0.288. The maximum atomic E-state index is 11.9. The van der Waals surface area contributed by atoms with Crippen molar-refractivity contribution in [3.05, 3.63) is 24.2 Å². The van der Waals surface area contributed by atoms with Crippen molar-refractivity contribution in [1.29, 1.82) is 0 Å². The van der Waals surface area contributed by atoms with Crippen molar-refractivity contribution in [3.63, 3.8) is 0 Å². The van der Waals surface area contributed by atoms with E-state index in [0.29, 0.717) is 45.3 Å². The van der Waals surface area contributed by atoms with Gasteiger partial charge in [0.1, 0.15) is 12.3 Å². The number of nitrogens with zero attached hydrogens (tertiary/aromatic N) is 4. The van der Waals surface area contributed by atoms with Crippen LogP contribution in [0.5, 0.6) is 0 Å². The summed E-state index contributed by atoms with van der Waals surface area (Å²) in [4.78, 5) is 33.5. The molecule has 0 unspecified atom stereocenters. The van der Waals surface area contributed by atoms with Crippen molar-refractivity contribution in [2.24, 2.45) is 4.99 Å². The SMILES string of the molecule is CCOC(=O)N1CCN(C(=NCC(=O)N(C)C)NCCc2ccco2)CC1. The third-order valence-electron chi connectivity index (χ3n) is 4.20. The lowest BCUT2D eigenvalue weighted by Gasteiger charge is -2.36. The molecule has 1 N–H and O–H groups in total. The zero-order chi connectivity index (χ0) is 19.6. The van der Waals surface area contributed by atoms with Crippen LogP contribution in [-0.4, -0.2) is 92.6 Å². The van der Waals surface area contributed by atoms with E-state index >= 15 is 0 Å². The van der Waals surface area contributed by atoms with Crippen LogP contribution < -0.4 is 5.32 Å². The standard InChI is InChI=1S/C18H29N5O4/c1-4-26-18(25)23-11-9-22(10-12-23)17(20-14-16(24)21(2)3)19-8-7-15-6-5-13-27-15/h5-6,13H,4,7-12,14H2,1-3H3,(H,19,20). The Hall–Kier alpha value is -2.71. The molecule has 27 heavy (non-hydrogen) atoms. The Morgan fingerprint density at radius 2 is 1.96 bits per heavy atom. The van der Waals surface area contributed by atoms with E-state index < -0.39 is 0 Å². The van der Waals surface area contributed by atoms with Gasteiger partial charge in [-0.15, -0.1) is 0 Å². The van der Waals surface area contributed by atoms with Crippen LogP contribution in [0.1, 0.15) is 12.7 Å². The first-order valence-corrected chi connectivity index (χ1v) is 9.18. The number of rotatable bonds is 6. The number of nitrogens with one attached hydrogen (secondary N) is 1. The summed E-state index contributed by atoms with van der Waals surface area (Å²) in [5, 5.41) is 3.30. The molecule has 1 saturated heterocycles. The smallest absolute Gasteiger partial charge is 0.409 e. The van der Waals surface area contributed by atoms with E-state index in [9.17, 15) is 9.59 Å². The minimum absolute atomic E-state index is 0.0644. The lowest BCUT2D eigenvalue weighted by atomic mass is 10.3. The summed E-state index contributed by atoms with van der Waals surface area (Å²) in [5.74, 6) is 1.49. The van der Waals surface area contributed by atoms with Crippen molar-refractivity contribution in [1.82, 2.24) is 20.0 Å². The first kappa shape index (κ1) is 20.6. The molecule has 0 saturated carbocycles. The fourth-order valence-corrected chi connectivity index (χ4v) is 2.62. The quantitative estimate of drug-likeness (QED) is 0.576. The predicted octanol–water partition coefficient (Wildman–Crippen LogP) is 0.630. The largest absolute Gasteiger partial charge is 0.469 e. The van der Waals surface area contributed by atoms with Gasteiger partial charge in [0.05, 0.1) is 12.9 Å². The van der Waals surface area contributed by atoms with E-state index in [4.69, 9.17) is 9.15 Å². The molecule has 1 aromatic rings. The zero-order valence-electron chi connectivity index (χ0n) is 16.3. The number of carbonyl (C=O) groups excluding carboxylic acids is 2. The van der Waals surface area contributed by atoms with Gasteiger partial charge in [-0.05, 0) is 19.1 Å². The Labute approximate surface area is 159 Å². The van der Waals surface area contributed by atoms with Crippen LogP contribution in [0.25, 0.3) is 0 Å². The lowest BCUT2D eigenvalue weighted by molar-refractivity contribution is -0.127. The van der Waals surface area contributed by atoms with Gasteiger partial charge in [-0.2, -0.15) is 0 Å². The molecule has 2 heterocycles. The van der Waals surface area contributed by atoms with E-state index in [2.05, 4.69) is 15.2 Å². The second kappa shape index (κ2) is 10.4. The summed E-state index contributed by atoms with van der Waals surface area (Å²) in [6, 6.07) is 3.78. The highest BCUT2D eigenvalue weighted by atomic mass is 16.6. The van der Waals surface area contributed by atoms with Crippen LogP contribution in [-0.2, 0) is 16.0 Å². The molecule has 0 bridgehead atoms. The molecule has 0 radical (unpaired) electrons. The number of carbonyl (C=O) groups is 2. The Morgan fingerprint density at radius 1 is 1.26 bits per heavy atom. The van der Waals surface area contributed by atoms with Crippen molar-refractivity contribution < 1.29 is 18.7 Å². The van der Waals surface area contributed by atoms with Crippen molar-refractivity contribution >= 4 is 18.0 Å². The van der Waals surface area contributed by atoms with Gasteiger partial charge in [0.25, 0.3) is 0 Å². The zero-order valence-corrected chi connectivity index (χ0v) is 16.3. The van der Waals surface area contributed by atoms with Gasteiger partial charge in [0.15, 0.2) is 5.96 Å². The maximum absolute atomic E-state index is 11.9. The Kier molecular flexibility index (Phi) is 7.97. The monoisotopic (exact) mass is 379 g/mol. The number of guanidine groups is 1. The van der Waals surface area contributed by atoms with Gasteiger partial charge in [-0.3, -0.25) is 4.79 Å². The molecule has 1 aromatic heterocycles. The van der Waals surface area contributed by atoms with Crippen LogP contribution in [0, 0.1) is 0 Å². The first-order valence-electron chi connectivity index (χ1n) is 9.18. The minimum Gasteiger partial charge on any atom is -0.469 e. The predicted molar refractivity (Wildman–Crippen MR) is 102 cm³/mol. The van der Waals surface area contributed by atoms with Gasteiger partial charge in [0, 0.05) is 53.2 Å². The summed E-state index contributed by atoms with van der Waals surface area (Å²) < 4.78 is 10.4. The summed E-state index contributed by atoms with van der Waals surface area (Å²) in [6.07, 6.45) is 2.08. The summed E-state index contributed by atoms with van der Waals surface area (Å²) in [6.45, 7) is 5.24. The number of aliphatic imine (C=N–C) groups is 1. The van der Waals surface area contributed by atoms with Crippen LogP contribution in [0.15, 0.2) is 27.8 Å². The van der Waals surface area contributed by atoms with E-state index in [1.54, 1.807) is 32.2 Å². The molecular weight excluding hydrogens is 350 g/mol. The molecule has 0 spiro atoms. The lowest BCUT2D eigenvalue weighted by Crippen LogP contribution is -2.54. The third kappa shape index (κ3) is 6.50. The molecule has 1 aliphatic heterocycles. The first-order chi connectivity index (χ1) is 13.0. The summed E-state index contributed by atoms with van der Waals surface area (Å²) in [7, 11) is 3.42. The molecule has 1 aliphatic rings. The number of hydrogen-bond donors (Lipinski definition) is 1. The molecule has 9 heteroatoms. The van der Waals surface area contributed by atoms with Gasteiger partial charge >= 0.3 is 6.09 Å². The highest BCUT2D eigenvalue weighted by Gasteiger charge is 2.24. The molecule has 0 atom stereocenters. The van der Waals surface area contributed by atoms with Gasteiger partial charge < -0.3 is 29.2 Å². The number of ether oxygens (including phenoxy) is 1. The Morgan fingerprint density at radius 3 is 2.56 bits per heavy atom. The number of hydrogen-bond acceptors (Lipinski definition) is 5. The normalized spacial score (nSPS) is 14.9.